The summed E-state index contributed by atoms with van der Waals surface area (Å²) < 4.78 is 6.40. The number of hydrogen-bond donors (Lipinski definition) is 0. The summed E-state index contributed by atoms with van der Waals surface area (Å²) >= 11 is 4.35. The standard InChI is InChI=1S/C10H20O2S.C4H9.S.Sn/c1-3-5-6-9(4-2)7-12-10(11)8-13;1-3-4-2;;/h9,13H,3-8H2,1-2H3;1,3-4H2,2H3;;/p-1. The van der Waals surface area contributed by atoms with Gasteiger partial charge in [-0.25, -0.2) is 0 Å². The molecule has 1 radical (unpaired) electrons. The van der Waals surface area contributed by atoms with E-state index in [1.54, 1.807) is 0 Å². The first-order chi connectivity index (χ1) is 9.15. The van der Waals surface area contributed by atoms with Gasteiger partial charge in [-0.15, -0.1) is 0 Å². The van der Waals surface area contributed by atoms with Crippen molar-refractivity contribution in [3.63, 3.8) is 0 Å². The molecule has 0 aliphatic heterocycles. The molecule has 0 aliphatic carbocycles. The predicted molar refractivity (Wildman–Crippen MR) is 89.6 cm³/mol. The molecule has 19 heavy (non-hydrogen) atoms. The Kier molecular flexibility index (Phi) is 21.9. The molecule has 0 aromatic carbocycles. The van der Waals surface area contributed by atoms with E-state index in [0.29, 0.717) is 12.5 Å². The molecule has 0 fully saturated rings. The van der Waals surface area contributed by atoms with Crippen LogP contribution in [-0.4, -0.2) is 37.5 Å². The van der Waals surface area contributed by atoms with Gasteiger partial charge in [-0.2, -0.15) is 0 Å². The van der Waals surface area contributed by atoms with Crippen LogP contribution in [0.1, 0.15) is 59.3 Å². The average molecular weight is 411 g/mol. The van der Waals surface area contributed by atoms with Crippen molar-refractivity contribution in [3.8, 4) is 0 Å². The molecule has 0 aromatic rings. The van der Waals surface area contributed by atoms with Gasteiger partial charge in [0, 0.05) is 0 Å². The average Bonchev–Trinajstić information content (AvgIpc) is 2.45. The summed E-state index contributed by atoms with van der Waals surface area (Å²) in [4.78, 5) is 10.8. The van der Waals surface area contributed by atoms with Crippen molar-refractivity contribution < 1.29 is 9.53 Å². The summed E-state index contributed by atoms with van der Waals surface area (Å²) in [6.45, 7) is 7.06. The molecular weight excluding hydrogens is 383 g/mol. The molecule has 0 amide bonds. The van der Waals surface area contributed by atoms with E-state index in [9.17, 15) is 4.79 Å². The van der Waals surface area contributed by atoms with Crippen LogP contribution in [0.4, 0.5) is 0 Å². The van der Waals surface area contributed by atoms with Gasteiger partial charge in [0.05, 0.1) is 6.61 Å². The molecule has 0 spiro atoms. The fourth-order valence-corrected chi connectivity index (χ4v) is 3.87. The summed E-state index contributed by atoms with van der Waals surface area (Å²) in [7, 11) is 4.89. The van der Waals surface area contributed by atoms with Gasteiger partial charge in [-0.1, -0.05) is 38.9 Å². The van der Waals surface area contributed by atoms with Gasteiger partial charge in [0.2, 0.25) is 0 Å². The maximum absolute atomic E-state index is 10.8. The second kappa shape index (κ2) is 18.8. The Morgan fingerprint density at radius 3 is 2.26 bits per heavy atom. The summed E-state index contributed by atoms with van der Waals surface area (Å²) in [5, 5.41) is 0. The number of ether oxygens (including phenoxy) is 1. The van der Waals surface area contributed by atoms with Crippen molar-refractivity contribution in [2.24, 2.45) is 5.92 Å². The number of esters is 1. The van der Waals surface area contributed by atoms with Gasteiger partial charge in [-0.05, 0) is 12.3 Å². The van der Waals surface area contributed by atoms with Gasteiger partial charge in [-0.3, -0.25) is 4.79 Å². The number of unbranched alkanes of at least 4 members (excludes halogenated alkanes) is 2. The number of hydrogen-bond acceptors (Lipinski definition) is 4. The van der Waals surface area contributed by atoms with Crippen molar-refractivity contribution in [3.05, 3.63) is 0 Å². The quantitative estimate of drug-likeness (QED) is 0.232. The minimum atomic E-state index is -0.259. The van der Waals surface area contributed by atoms with E-state index in [-0.39, 0.29) is 30.9 Å². The van der Waals surface area contributed by atoms with Gasteiger partial charge < -0.3 is 17.4 Å². The molecule has 5 heteroatoms. The van der Waals surface area contributed by atoms with E-state index in [1.165, 1.54) is 30.1 Å². The maximum atomic E-state index is 10.8. The first-order valence-corrected chi connectivity index (χ1v) is 13.7. The SMILES string of the molecule is CCCCC(CC)COC(=O)C[S-].CCC[CH2][Sn]=[S]. The third-order valence-electron chi connectivity index (χ3n) is 2.77. The van der Waals surface area contributed by atoms with Crippen LogP contribution in [0.3, 0.4) is 0 Å². The molecule has 0 saturated heterocycles. The zero-order chi connectivity index (χ0) is 14.9. The monoisotopic (exact) mass is 412 g/mol. The Morgan fingerprint density at radius 2 is 1.89 bits per heavy atom. The van der Waals surface area contributed by atoms with E-state index in [0.717, 1.165) is 12.8 Å². The fourth-order valence-electron chi connectivity index (χ4n) is 1.40. The first-order valence-electron chi connectivity index (χ1n) is 7.24. The molecule has 0 aromatic heterocycles. The Labute approximate surface area is 138 Å². The van der Waals surface area contributed by atoms with Gasteiger partial charge in [0.25, 0.3) is 5.97 Å². The van der Waals surface area contributed by atoms with Crippen LogP contribution in [0.5, 0.6) is 0 Å². The Hall–Kier alpha value is 0.839. The molecule has 2 nitrogen and oxygen atoms in total. The summed E-state index contributed by atoms with van der Waals surface area (Å²) in [6.07, 6.45) is 7.35. The van der Waals surface area contributed by atoms with E-state index in [2.05, 4.69) is 33.4 Å². The second-order valence-electron chi connectivity index (χ2n) is 4.49. The molecule has 1 unspecified atom stereocenters. The molecule has 1 atom stereocenters. The molecule has 113 valence electrons. The fraction of sp³-hybridized carbons (Fsp3) is 0.929. The Morgan fingerprint density at radius 1 is 1.26 bits per heavy atom. The van der Waals surface area contributed by atoms with Crippen LogP contribution >= 0.6 is 9.29 Å². The third-order valence-corrected chi connectivity index (χ3v) is 5.97. The van der Waals surface area contributed by atoms with Crippen molar-refractivity contribution in [1.29, 1.82) is 0 Å². The summed E-state index contributed by atoms with van der Waals surface area (Å²) in [5.41, 5.74) is 0. The zero-order valence-electron chi connectivity index (χ0n) is 12.6. The van der Waals surface area contributed by atoms with E-state index < -0.39 is 0 Å². The topological polar surface area (TPSA) is 26.3 Å². The van der Waals surface area contributed by atoms with Crippen LogP contribution in [0.2, 0.25) is 4.44 Å². The predicted octanol–water partition coefficient (Wildman–Crippen LogP) is 4.31. The Bertz CT molecular complexity index is 214. The molecule has 0 N–H and O–H groups in total. The van der Waals surface area contributed by atoms with Crippen molar-refractivity contribution in [2.45, 2.75) is 63.7 Å². The number of carbonyl (C=O) groups is 1. The van der Waals surface area contributed by atoms with Crippen LogP contribution in [0.15, 0.2) is 0 Å². The normalized spacial score (nSPS) is 11.2. The molecule has 0 heterocycles. The minimum absolute atomic E-state index is 0.0736. The molecule has 0 aliphatic rings. The van der Waals surface area contributed by atoms with Crippen molar-refractivity contribution >= 4 is 47.1 Å². The molecular formula is C14H28O2S2Sn-. The van der Waals surface area contributed by atoms with E-state index in [1.807, 2.05) is 0 Å². The van der Waals surface area contributed by atoms with Crippen molar-refractivity contribution in [2.75, 3.05) is 12.4 Å². The number of carbonyl (C=O) groups excluding carboxylic acids is 1. The third kappa shape index (κ3) is 18.8. The van der Waals surface area contributed by atoms with Gasteiger partial charge >= 0.3 is 52.7 Å². The number of rotatable bonds is 10. The Balaban J connectivity index is 0. The van der Waals surface area contributed by atoms with Crippen molar-refractivity contribution in [1.82, 2.24) is 0 Å². The van der Waals surface area contributed by atoms with Gasteiger partial charge in [0.15, 0.2) is 0 Å². The zero-order valence-corrected chi connectivity index (χ0v) is 17.1. The van der Waals surface area contributed by atoms with Crippen LogP contribution in [0, 0.1) is 5.92 Å². The summed E-state index contributed by atoms with van der Waals surface area (Å²) in [5.74, 6) is 0.333. The molecule has 0 saturated carbocycles. The summed E-state index contributed by atoms with van der Waals surface area (Å²) in [6, 6.07) is 0. The molecule has 0 bridgehead atoms. The molecule has 0 rings (SSSR count). The van der Waals surface area contributed by atoms with Crippen LogP contribution in [0.25, 0.3) is 0 Å². The van der Waals surface area contributed by atoms with Gasteiger partial charge in [0.1, 0.15) is 0 Å². The van der Waals surface area contributed by atoms with Crippen LogP contribution in [-0.2, 0) is 22.2 Å². The van der Waals surface area contributed by atoms with Crippen LogP contribution < -0.4 is 0 Å². The van der Waals surface area contributed by atoms with E-state index >= 15 is 0 Å². The second-order valence-corrected chi connectivity index (χ2v) is 8.97. The van der Waals surface area contributed by atoms with E-state index in [4.69, 9.17) is 14.0 Å². The first kappa shape index (κ1) is 22.1.